The second-order valence-corrected chi connectivity index (χ2v) is 6.33. The van der Waals surface area contributed by atoms with Gasteiger partial charge in [0.05, 0.1) is 11.8 Å². The van der Waals surface area contributed by atoms with Crippen LogP contribution in [0, 0.1) is 11.8 Å². The van der Waals surface area contributed by atoms with E-state index in [4.69, 9.17) is 0 Å². The van der Waals surface area contributed by atoms with E-state index < -0.39 is 17.8 Å². The van der Waals surface area contributed by atoms with E-state index in [1.54, 1.807) is 0 Å². The van der Waals surface area contributed by atoms with Crippen LogP contribution in [0.2, 0.25) is 0 Å². The molecule has 1 amide bonds. The van der Waals surface area contributed by atoms with Crippen LogP contribution < -0.4 is 5.32 Å². The number of unbranched alkanes of at least 4 members (excludes halogenated alkanes) is 1. The number of aryl methyl sites for hydroxylation is 1. The van der Waals surface area contributed by atoms with Gasteiger partial charge in [0.15, 0.2) is 0 Å². The molecule has 0 radical (unpaired) electrons. The van der Waals surface area contributed by atoms with Gasteiger partial charge in [-0.2, -0.15) is 0 Å². The van der Waals surface area contributed by atoms with Crippen molar-refractivity contribution in [2.75, 3.05) is 5.32 Å². The predicted molar refractivity (Wildman–Crippen MR) is 91.3 cm³/mol. The Morgan fingerprint density at radius 3 is 2.52 bits per heavy atom. The number of hydrogen-bond donors (Lipinski definition) is 2. The van der Waals surface area contributed by atoms with Crippen LogP contribution in [0.5, 0.6) is 0 Å². The molecular weight excluding hydrogens is 290 g/mol. The summed E-state index contributed by atoms with van der Waals surface area (Å²) in [7, 11) is 0. The molecule has 4 nitrogen and oxygen atoms in total. The summed E-state index contributed by atoms with van der Waals surface area (Å²) in [6.45, 7) is 4.08. The summed E-state index contributed by atoms with van der Waals surface area (Å²) >= 11 is 0. The van der Waals surface area contributed by atoms with E-state index in [-0.39, 0.29) is 5.91 Å². The average Bonchev–Trinajstić information content (AvgIpc) is 2.54. The van der Waals surface area contributed by atoms with E-state index in [9.17, 15) is 14.7 Å². The second-order valence-electron chi connectivity index (χ2n) is 6.33. The maximum atomic E-state index is 12.4. The minimum absolute atomic E-state index is 0.206. The standard InChI is InChI=1S/C19H25NO3/c1-3-4-5-14-7-9-15(10-8-14)20-18(21)16-11-6-13(2)12-17(16)19(22)23/h6-10,16-17H,3-5,11-12H2,1-2H3,(H,20,21)(H,22,23). The molecule has 0 aliphatic heterocycles. The lowest BCUT2D eigenvalue weighted by atomic mass is 9.79. The van der Waals surface area contributed by atoms with Crippen LogP contribution >= 0.6 is 0 Å². The molecule has 0 spiro atoms. The fourth-order valence-corrected chi connectivity index (χ4v) is 2.98. The third-order valence-corrected chi connectivity index (χ3v) is 4.44. The first-order chi connectivity index (χ1) is 11.0. The van der Waals surface area contributed by atoms with Crippen molar-refractivity contribution in [1.29, 1.82) is 0 Å². The molecule has 1 aliphatic rings. The first-order valence-corrected chi connectivity index (χ1v) is 8.29. The van der Waals surface area contributed by atoms with Gasteiger partial charge < -0.3 is 10.4 Å². The van der Waals surface area contributed by atoms with Crippen molar-refractivity contribution in [3.63, 3.8) is 0 Å². The summed E-state index contributed by atoms with van der Waals surface area (Å²) in [5.74, 6) is -2.24. The number of carbonyl (C=O) groups is 2. The quantitative estimate of drug-likeness (QED) is 0.779. The molecule has 0 saturated carbocycles. The first kappa shape index (κ1) is 17.3. The Balaban J connectivity index is 2.01. The third-order valence-electron chi connectivity index (χ3n) is 4.44. The number of nitrogens with one attached hydrogen (secondary N) is 1. The van der Waals surface area contributed by atoms with Crippen molar-refractivity contribution in [3.8, 4) is 0 Å². The summed E-state index contributed by atoms with van der Waals surface area (Å²) < 4.78 is 0. The average molecular weight is 315 g/mol. The summed E-state index contributed by atoms with van der Waals surface area (Å²) in [5.41, 5.74) is 3.02. The van der Waals surface area contributed by atoms with E-state index in [2.05, 4.69) is 12.2 Å². The lowest BCUT2D eigenvalue weighted by molar-refractivity contribution is -0.146. The fraction of sp³-hybridized carbons (Fsp3) is 0.474. The minimum atomic E-state index is -0.896. The number of allylic oxidation sites excluding steroid dienone is 2. The number of rotatable bonds is 6. The number of carboxylic acids is 1. The van der Waals surface area contributed by atoms with Crippen LogP contribution in [0.25, 0.3) is 0 Å². The Bertz CT molecular complexity index is 589. The Kier molecular flexibility index (Phi) is 5.97. The highest BCUT2D eigenvalue weighted by atomic mass is 16.4. The molecule has 2 N–H and O–H groups in total. The van der Waals surface area contributed by atoms with Gasteiger partial charge in [0.25, 0.3) is 0 Å². The molecule has 0 fully saturated rings. The lowest BCUT2D eigenvalue weighted by Gasteiger charge is -2.26. The van der Waals surface area contributed by atoms with Gasteiger partial charge in [-0.05, 0) is 50.3 Å². The van der Waals surface area contributed by atoms with Gasteiger partial charge in [-0.1, -0.05) is 37.1 Å². The second kappa shape index (κ2) is 7.95. The summed E-state index contributed by atoms with van der Waals surface area (Å²) in [4.78, 5) is 23.8. The van der Waals surface area contributed by atoms with Crippen molar-refractivity contribution >= 4 is 17.6 Å². The highest BCUT2D eigenvalue weighted by Gasteiger charge is 2.35. The Labute approximate surface area is 137 Å². The van der Waals surface area contributed by atoms with Crippen LogP contribution in [0.1, 0.15) is 45.1 Å². The Morgan fingerprint density at radius 1 is 1.22 bits per heavy atom. The molecular formula is C19H25NO3. The Hall–Kier alpha value is -2.10. The third kappa shape index (κ3) is 4.68. The number of amides is 1. The molecule has 2 rings (SSSR count). The molecule has 0 aromatic heterocycles. The van der Waals surface area contributed by atoms with Gasteiger partial charge in [0, 0.05) is 5.69 Å². The van der Waals surface area contributed by atoms with Gasteiger partial charge >= 0.3 is 5.97 Å². The van der Waals surface area contributed by atoms with Gasteiger partial charge in [-0.25, -0.2) is 0 Å². The zero-order chi connectivity index (χ0) is 16.8. The molecule has 0 bridgehead atoms. The summed E-state index contributed by atoms with van der Waals surface area (Å²) in [6, 6.07) is 7.82. The number of benzene rings is 1. The normalized spacial score (nSPS) is 20.7. The number of hydrogen-bond acceptors (Lipinski definition) is 2. The maximum absolute atomic E-state index is 12.4. The van der Waals surface area contributed by atoms with E-state index in [1.807, 2.05) is 37.3 Å². The molecule has 1 aliphatic carbocycles. The van der Waals surface area contributed by atoms with Crippen molar-refractivity contribution < 1.29 is 14.7 Å². The van der Waals surface area contributed by atoms with Crippen molar-refractivity contribution in [3.05, 3.63) is 41.5 Å². The monoisotopic (exact) mass is 315 g/mol. The zero-order valence-electron chi connectivity index (χ0n) is 13.8. The molecule has 1 aromatic carbocycles. The van der Waals surface area contributed by atoms with Gasteiger partial charge in [-0.3, -0.25) is 9.59 Å². The van der Waals surface area contributed by atoms with E-state index in [0.29, 0.717) is 12.8 Å². The van der Waals surface area contributed by atoms with Gasteiger partial charge in [0.1, 0.15) is 0 Å². The molecule has 4 heteroatoms. The van der Waals surface area contributed by atoms with Crippen LogP contribution in [0.4, 0.5) is 5.69 Å². The first-order valence-electron chi connectivity index (χ1n) is 8.29. The molecule has 1 aromatic rings. The van der Waals surface area contributed by atoms with Gasteiger partial charge in [0.2, 0.25) is 5.91 Å². The molecule has 23 heavy (non-hydrogen) atoms. The number of carbonyl (C=O) groups excluding carboxylic acids is 1. The molecule has 2 unspecified atom stereocenters. The zero-order valence-corrected chi connectivity index (χ0v) is 13.8. The smallest absolute Gasteiger partial charge is 0.307 e. The highest BCUT2D eigenvalue weighted by molar-refractivity contribution is 5.95. The van der Waals surface area contributed by atoms with Crippen LogP contribution in [0.15, 0.2) is 35.9 Å². The largest absolute Gasteiger partial charge is 0.481 e. The van der Waals surface area contributed by atoms with E-state index in [0.717, 1.165) is 30.5 Å². The number of carboxylic acid groups (broad SMARTS) is 1. The lowest BCUT2D eigenvalue weighted by Crippen LogP contribution is -2.35. The highest BCUT2D eigenvalue weighted by Crippen LogP contribution is 2.31. The van der Waals surface area contributed by atoms with Crippen molar-refractivity contribution in [2.24, 2.45) is 11.8 Å². The molecule has 0 heterocycles. The SMILES string of the molecule is CCCCc1ccc(NC(=O)C2CC=C(C)CC2C(=O)O)cc1. The minimum Gasteiger partial charge on any atom is -0.481 e. The fourth-order valence-electron chi connectivity index (χ4n) is 2.98. The number of aliphatic carboxylic acids is 1. The predicted octanol–water partition coefficient (Wildman–Crippen LogP) is 4.02. The molecule has 2 atom stereocenters. The van der Waals surface area contributed by atoms with E-state index >= 15 is 0 Å². The van der Waals surface area contributed by atoms with Crippen LogP contribution in [0.3, 0.4) is 0 Å². The topological polar surface area (TPSA) is 66.4 Å². The van der Waals surface area contributed by atoms with E-state index in [1.165, 1.54) is 5.56 Å². The van der Waals surface area contributed by atoms with Crippen molar-refractivity contribution in [2.45, 2.75) is 46.0 Å². The molecule has 124 valence electrons. The van der Waals surface area contributed by atoms with Crippen molar-refractivity contribution in [1.82, 2.24) is 0 Å². The maximum Gasteiger partial charge on any atom is 0.307 e. The van der Waals surface area contributed by atoms with Crippen LogP contribution in [-0.4, -0.2) is 17.0 Å². The Morgan fingerprint density at radius 2 is 1.91 bits per heavy atom. The van der Waals surface area contributed by atoms with Crippen LogP contribution in [-0.2, 0) is 16.0 Å². The summed E-state index contributed by atoms with van der Waals surface area (Å²) in [6.07, 6.45) is 6.26. The summed E-state index contributed by atoms with van der Waals surface area (Å²) in [5, 5.41) is 12.2. The molecule has 0 saturated heterocycles. The van der Waals surface area contributed by atoms with Gasteiger partial charge in [-0.15, -0.1) is 0 Å². The number of anilines is 1.